The molecule has 3 rings (SSSR count). The van der Waals surface area contributed by atoms with Crippen molar-refractivity contribution < 1.29 is 0 Å². The third kappa shape index (κ3) is 1.02. The summed E-state index contributed by atoms with van der Waals surface area (Å²) in [6, 6.07) is 7.05. The summed E-state index contributed by atoms with van der Waals surface area (Å²) in [6.07, 6.45) is 1.31. The minimum absolute atomic E-state index is 0.343. The zero-order valence-electron chi connectivity index (χ0n) is 8.01. The summed E-state index contributed by atoms with van der Waals surface area (Å²) < 4.78 is 1.17. The van der Waals surface area contributed by atoms with Gasteiger partial charge in [0.25, 0.3) is 0 Å². The average molecular weight is 211 g/mol. The van der Waals surface area contributed by atoms with Crippen LogP contribution in [0.4, 0.5) is 0 Å². The Balaban J connectivity index is 2.62. The third-order valence-electron chi connectivity index (χ3n) is 2.37. The molecule has 0 spiro atoms. The topological polar surface area (TPSA) is 86.8 Å². The second kappa shape index (κ2) is 2.90. The Kier molecular flexibility index (Phi) is 1.56. The molecular weight excluding hydrogens is 206 g/mol. The van der Waals surface area contributed by atoms with Crippen LogP contribution in [0.5, 0.6) is 0 Å². The lowest BCUT2D eigenvalue weighted by Crippen LogP contribution is -2.17. The molecule has 0 bridgehead atoms. The molecule has 0 radical (unpaired) electrons. The lowest BCUT2D eigenvalue weighted by molar-refractivity contribution is 0.881. The first kappa shape index (κ1) is 8.61. The van der Waals surface area contributed by atoms with E-state index in [1.54, 1.807) is 18.2 Å². The van der Waals surface area contributed by atoms with E-state index in [4.69, 9.17) is 5.26 Å². The molecule has 0 aliphatic heterocycles. The first-order chi connectivity index (χ1) is 7.79. The Morgan fingerprint density at radius 2 is 2.31 bits per heavy atom. The summed E-state index contributed by atoms with van der Waals surface area (Å²) >= 11 is 0. The van der Waals surface area contributed by atoms with Crippen molar-refractivity contribution in [2.45, 2.75) is 0 Å². The smallest absolute Gasteiger partial charge is 0.305 e. The van der Waals surface area contributed by atoms with E-state index < -0.39 is 0 Å². The summed E-state index contributed by atoms with van der Waals surface area (Å²) in [6.45, 7) is 0. The summed E-state index contributed by atoms with van der Waals surface area (Å²) in [5.41, 5.74) is 1.27. The van der Waals surface area contributed by atoms with Crippen LogP contribution in [-0.4, -0.2) is 19.6 Å². The monoisotopic (exact) mass is 211 g/mol. The molecule has 3 aromatic rings. The van der Waals surface area contributed by atoms with E-state index in [9.17, 15) is 4.79 Å². The minimum atomic E-state index is -0.343. The second-order valence-electron chi connectivity index (χ2n) is 3.30. The lowest BCUT2D eigenvalue weighted by Gasteiger charge is -1.99. The fourth-order valence-corrected chi connectivity index (χ4v) is 1.65. The first-order valence-electron chi connectivity index (χ1n) is 4.55. The number of hydrogen-bond acceptors (Lipinski definition) is 4. The maximum atomic E-state index is 11.5. The van der Waals surface area contributed by atoms with E-state index in [0.717, 1.165) is 0 Å². The van der Waals surface area contributed by atoms with Crippen molar-refractivity contribution in [1.29, 1.82) is 5.26 Å². The van der Waals surface area contributed by atoms with Gasteiger partial charge in [-0.2, -0.15) is 14.9 Å². The summed E-state index contributed by atoms with van der Waals surface area (Å²) in [5, 5.41) is 13.3. The maximum absolute atomic E-state index is 11.5. The Hall–Kier alpha value is -2.68. The molecule has 0 fully saturated rings. The van der Waals surface area contributed by atoms with Crippen LogP contribution in [0.1, 0.15) is 5.56 Å². The van der Waals surface area contributed by atoms with E-state index in [1.807, 2.05) is 6.07 Å². The number of aromatic nitrogens is 4. The van der Waals surface area contributed by atoms with Crippen molar-refractivity contribution in [3.05, 3.63) is 40.6 Å². The molecular formula is C10H5N5O. The van der Waals surface area contributed by atoms with E-state index in [-0.39, 0.29) is 5.69 Å². The summed E-state index contributed by atoms with van der Waals surface area (Å²) in [5.74, 6) is 0. The zero-order chi connectivity index (χ0) is 11.1. The van der Waals surface area contributed by atoms with Gasteiger partial charge in [0.15, 0.2) is 5.65 Å². The predicted octanol–water partition coefficient (Wildman–Crippen LogP) is 0.442. The fraction of sp³-hybridized carbons (Fsp3) is 0. The number of nitrogens with one attached hydrogen (secondary N) is 1. The molecule has 6 heteroatoms. The highest BCUT2D eigenvalue weighted by atomic mass is 16.1. The van der Waals surface area contributed by atoms with Gasteiger partial charge in [0.1, 0.15) is 6.33 Å². The van der Waals surface area contributed by atoms with E-state index in [1.165, 1.54) is 10.8 Å². The normalized spacial score (nSPS) is 10.7. The number of H-pyrrole nitrogens is 1. The van der Waals surface area contributed by atoms with Crippen LogP contribution in [0, 0.1) is 11.3 Å². The molecule has 76 valence electrons. The van der Waals surface area contributed by atoms with Gasteiger partial charge in [-0.3, -0.25) is 0 Å². The van der Waals surface area contributed by atoms with Crippen molar-refractivity contribution in [3.8, 4) is 6.07 Å². The highest BCUT2D eigenvalue weighted by Crippen LogP contribution is 2.15. The van der Waals surface area contributed by atoms with Crippen LogP contribution in [0.25, 0.3) is 16.6 Å². The van der Waals surface area contributed by atoms with Gasteiger partial charge in [0.05, 0.1) is 17.1 Å². The van der Waals surface area contributed by atoms with Crippen LogP contribution in [0.15, 0.2) is 29.3 Å². The largest absolute Gasteiger partial charge is 0.348 e. The Labute approximate surface area is 88.8 Å². The van der Waals surface area contributed by atoms with Crippen molar-refractivity contribution in [2.75, 3.05) is 0 Å². The standard InChI is InChI=1S/C10H5N5O/c11-4-6-1-2-8-7(3-6)9-12-5-13-15(9)10(16)14-8/h1-3,5H,(H,14,16). The van der Waals surface area contributed by atoms with E-state index in [0.29, 0.717) is 22.1 Å². The molecule has 0 amide bonds. The van der Waals surface area contributed by atoms with Crippen molar-refractivity contribution in [3.63, 3.8) is 0 Å². The number of hydrogen-bond donors (Lipinski definition) is 1. The number of nitriles is 1. The van der Waals surface area contributed by atoms with Gasteiger partial charge in [-0.1, -0.05) is 0 Å². The average Bonchev–Trinajstić information content (AvgIpc) is 2.78. The summed E-state index contributed by atoms with van der Waals surface area (Å²) in [4.78, 5) is 18.2. The molecule has 16 heavy (non-hydrogen) atoms. The Morgan fingerprint density at radius 3 is 3.12 bits per heavy atom. The van der Waals surface area contributed by atoms with Crippen LogP contribution in [0.3, 0.4) is 0 Å². The molecule has 0 saturated carbocycles. The summed E-state index contributed by atoms with van der Waals surface area (Å²) in [7, 11) is 0. The van der Waals surface area contributed by atoms with Crippen molar-refractivity contribution in [1.82, 2.24) is 19.6 Å². The van der Waals surface area contributed by atoms with Crippen LogP contribution in [-0.2, 0) is 0 Å². The Bertz CT molecular complexity index is 792. The van der Waals surface area contributed by atoms with Crippen molar-refractivity contribution >= 4 is 16.6 Å². The SMILES string of the molecule is N#Cc1ccc2[nH]c(=O)n3ncnc3c2c1. The molecule has 0 saturated heterocycles. The van der Waals surface area contributed by atoms with Gasteiger partial charge in [-0.15, -0.1) is 0 Å². The molecule has 2 aromatic heterocycles. The Morgan fingerprint density at radius 1 is 1.44 bits per heavy atom. The highest BCUT2D eigenvalue weighted by Gasteiger charge is 2.06. The van der Waals surface area contributed by atoms with Gasteiger partial charge < -0.3 is 4.98 Å². The van der Waals surface area contributed by atoms with Crippen LogP contribution >= 0.6 is 0 Å². The van der Waals surface area contributed by atoms with Gasteiger partial charge >= 0.3 is 5.69 Å². The van der Waals surface area contributed by atoms with E-state index >= 15 is 0 Å². The molecule has 0 aliphatic rings. The number of rotatable bonds is 0. The number of fused-ring (bicyclic) bond motifs is 3. The number of nitrogens with zero attached hydrogens (tertiary/aromatic N) is 4. The van der Waals surface area contributed by atoms with Gasteiger partial charge in [0, 0.05) is 5.39 Å². The molecule has 0 atom stereocenters. The molecule has 2 heterocycles. The van der Waals surface area contributed by atoms with Gasteiger partial charge in [0.2, 0.25) is 0 Å². The van der Waals surface area contributed by atoms with E-state index in [2.05, 4.69) is 15.1 Å². The van der Waals surface area contributed by atoms with Crippen molar-refractivity contribution in [2.24, 2.45) is 0 Å². The lowest BCUT2D eigenvalue weighted by atomic mass is 10.1. The first-order valence-corrected chi connectivity index (χ1v) is 4.55. The number of benzene rings is 1. The quantitative estimate of drug-likeness (QED) is 0.584. The number of aromatic amines is 1. The fourth-order valence-electron chi connectivity index (χ4n) is 1.65. The zero-order valence-corrected chi connectivity index (χ0v) is 8.01. The minimum Gasteiger partial charge on any atom is -0.305 e. The second-order valence-corrected chi connectivity index (χ2v) is 3.30. The van der Waals surface area contributed by atoms with Crippen LogP contribution in [0.2, 0.25) is 0 Å². The third-order valence-corrected chi connectivity index (χ3v) is 2.37. The maximum Gasteiger partial charge on any atom is 0.348 e. The molecule has 6 nitrogen and oxygen atoms in total. The van der Waals surface area contributed by atoms with Gasteiger partial charge in [-0.05, 0) is 18.2 Å². The van der Waals surface area contributed by atoms with Crippen LogP contribution < -0.4 is 5.69 Å². The molecule has 0 unspecified atom stereocenters. The molecule has 1 N–H and O–H groups in total. The predicted molar refractivity (Wildman–Crippen MR) is 55.8 cm³/mol. The van der Waals surface area contributed by atoms with Gasteiger partial charge in [-0.25, -0.2) is 9.78 Å². The molecule has 0 aliphatic carbocycles. The molecule has 1 aromatic carbocycles. The highest BCUT2D eigenvalue weighted by molar-refractivity contribution is 5.91.